The fraction of sp³-hybridized carbons (Fsp3) is 0.385. The number of pyridine rings is 1. The Morgan fingerprint density at radius 3 is 2.94 bits per heavy atom. The van der Waals surface area contributed by atoms with Crippen LogP contribution in [0.4, 0.5) is 0 Å². The number of allylic oxidation sites excluding steroid dienone is 2. The van der Waals surface area contributed by atoms with Gasteiger partial charge in [-0.25, -0.2) is 4.98 Å². The third-order valence-corrected chi connectivity index (χ3v) is 6.89. The Morgan fingerprint density at radius 1 is 1.24 bits per heavy atom. The molecule has 6 rings (SSSR count). The Kier molecular flexibility index (Phi) is 4.79. The van der Waals surface area contributed by atoms with Crippen molar-refractivity contribution in [3.05, 3.63) is 53.4 Å². The molecule has 0 atom stereocenters. The first kappa shape index (κ1) is 21.0. The summed E-state index contributed by atoms with van der Waals surface area (Å²) in [7, 11) is 0. The number of ketones is 1. The van der Waals surface area contributed by atoms with Crippen molar-refractivity contribution in [1.29, 1.82) is 0 Å². The van der Waals surface area contributed by atoms with E-state index in [-0.39, 0.29) is 11.2 Å². The molecular weight excluding hydrogens is 430 g/mol. The van der Waals surface area contributed by atoms with Crippen LogP contribution in [0.15, 0.2) is 45.2 Å². The van der Waals surface area contributed by atoms with Crippen LogP contribution in [0.1, 0.15) is 51.4 Å². The third kappa shape index (κ3) is 3.67. The summed E-state index contributed by atoms with van der Waals surface area (Å²) in [5.41, 5.74) is 4.70. The second-order valence-electron chi connectivity index (χ2n) is 9.95. The maximum absolute atomic E-state index is 12.3. The molecule has 0 N–H and O–H groups in total. The zero-order valence-electron chi connectivity index (χ0n) is 19.6. The summed E-state index contributed by atoms with van der Waals surface area (Å²) in [5.74, 6) is 2.85. The molecule has 0 saturated carbocycles. The molecular formula is C26H26N5O3. The van der Waals surface area contributed by atoms with Crippen LogP contribution in [0, 0.1) is 11.3 Å². The average molecular weight is 457 g/mol. The van der Waals surface area contributed by atoms with Gasteiger partial charge in [-0.05, 0) is 36.8 Å². The molecule has 0 amide bonds. The minimum Gasteiger partial charge on any atom is -0.360 e. The average Bonchev–Trinajstić information content (AvgIpc) is 3.13. The van der Waals surface area contributed by atoms with Crippen LogP contribution in [0.2, 0.25) is 0 Å². The molecule has 4 aromatic heterocycles. The lowest BCUT2D eigenvalue weighted by Gasteiger charge is -2.27. The molecule has 0 fully saturated rings. The van der Waals surface area contributed by atoms with E-state index in [1.165, 1.54) is 5.57 Å². The molecule has 0 aromatic carbocycles. The first-order chi connectivity index (χ1) is 16.4. The molecule has 173 valence electrons. The molecule has 0 saturated heterocycles. The first-order valence-corrected chi connectivity index (χ1v) is 11.8. The van der Waals surface area contributed by atoms with Crippen LogP contribution < -0.4 is 0 Å². The van der Waals surface area contributed by atoms with Crippen molar-refractivity contribution < 1.29 is 13.8 Å². The van der Waals surface area contributed by atoms with Crippen LogP contribution in [0.3, 0.4) is 0 Å². The topological polar surface area (TPSA) is 99.8 Å². The highest BCUT2D eigenvalue weighted by molar-refractivity contribution is 6.04. The highest BCUT2D eigenvalue weighted by Gasteiger charge is 2.33. The number of fused-ring (bicyclic) bond motifs is 2. The van der Waals surface area contributed by atoms with Crippen LogP contribution in [-0.4, -0.2) is 30.6 Å². The number of Topliss-reactive ketones (excluding diaryl/α,β-unsaturated/α-hetero) is 1. The van der Waals surface area contributed by atoms with Crippen molar-refractivity contribution in [2.45, 2.75) is 59.4 Å². The van der Waals surface area contributed by atoms with E-state index in [9.17, 15) is 4.79 Å². The highest BCUT2D eigenvalue weighted by Crippen LogP contribution is 2.39. The van der Waals surface area contributed by atoms with Crippen LogP contribution >= 0.6 is 0 Å². The Morgan fingerprint density at radius 2 is 2.12 bits per heavy atom. The lowest BCUT2D eigenvalue weighted by Crippen LogP contribution is -2.21. The van der Waals surface area contributed by atoms with E-state index >= 15 is 0 Å². The van der Waals surface area contributed by atoms with Gasteiger partial charge in [-0.3, -0.25) is 4.79 Å². The maximum atomic E-state index is 12.3. The molecule has 0 spiro atoms. The summed E-state index contributed by atoms with van der Waals surface area (Å²) >= 11 is 0. The Hall–Kier alpha value is -3.55. The zero-order valence-corrected chi connectivity index (χ0v) is 19.6. The summed E-state index contributed by atoms with van der Waals surface area (Å²) in [4.78, 5) is 21.5. The predicted molar refractivity (Wildman–Crippen MR) is 126 cm³/mol. The minimum atomic E-state index is 0.202. The fourth-order valence-corrected chi connectivity index (χ4v) is 4.76. The van der Waals surface area contributed by atoms with Crippen molar-refractivity contribution >= 4 is 16.8 Å². The largest absolute Gasteiger partial charge is 0.360 e. The Bertz CT molecular complexity index is 1440. The molecule has 8 heteroatoms. The van der Waals surface area contributed by atoms with Crippen molar-refractivity contribution in [1.82, 2.24) is 24.8 Å². The van der Waals surface area contributed by atoms with Crippen molar-refractivity contribution in [3.8, 4) is 23.0 Å². The molecule has 0 aliphatic heterocycles. The Balaban J connectivity index is 1.20. The number of hydrogen-bond donors (Lipinski definition) is 0. The van der Waals surface area contributed by atoms with Gasteiger partial charge in [0.1, 0.15) is 17.2 Å². The van der Waals surface area contributed by atoms with Gasteiger partial charge in [0.25, 0.3) is 5.89 Å². The quantitative estimate of drug-likeness (QED) is 0.379. The normalized spacial score (nSPS) is 17.1. The van der Waals surface area contributed by atoms with E-state index in [2.05, 4.69) is 41.1 Å². The molecule has 0 bridgehead atoms. The smallest absolute Gasteiger partial charge is 0.280 e. The zero-order chi connectivity index (χ0) is 23.4. The summed E-state index contributed by atoms with van der Waals surface area (Å²) in [6, 6.07) is 3.98. The maximum Gasteiger partial charge on any atom is 0.280 e. The summed E-state index contributed by atoms with van der Waals surface area (Å²) in [5, 5.41) is 9.36. The van der Waals surface area contributed by atoms with E-state index in [1.807, 2.05) is 29.0 Å². The molecule has 4 heterocycles. The number of carbonyl (C=O) groups excluding carboxylic acids is 1. The van der Waals surface area contributed by atoms with Gasteiger partial charge in [0, 0.05) is 48.3 Å². The monoisotopic (exact) mass is 456 g/mol. The fourth-order valence-electron chi connectivity index (χ4n) is 4.76. The Labute approximate surface area is 197 Å². The van der Waals surface area contributed by atoms with E-state index < -0.39 is 0 Å². The van der Waals surface area contributed by atoms with Gasteiger partial charge < -0.3 is 13.6 Å². The van der Waals surface area contributed by atoms with Gasteiger partial charge in [-0.15, -0.1) is 0 Å². The molecule has 8 nitrogen and oxygen atoms in total. The number of aromatic nitrogens is 5. The van der Waals surface area contributed by atoms with Crippen LogP contribution in [0.5, 0.6) is 0 Å². The van der Waals surface area contributed by atoms with Gasteiger partial charge in [0.15, 0.2) is 5.69 Å². The summed E-state index contributed by atoms with van der Waals surface area (Å²) in [6.07, 6.45) is 9.88. The SMILES string of the molecule is CCC1=C[C]1C(=O)CCn1ccc2cc(-c3noc(-c4noc5c4CCC(C)(C)C5)n3)cnc21. The van der Waals surface area contributed by atoms with Crippen molar-refractivity contribution in [3.63, 3.8) is 0 Å². The van der Waals surface area contributed by atoms with Gasteiger partial charge in [0.05, 0.1) is 5.92 Å². The van der Waals surface area contributed by atoms with Crippen LogP contribution in [0.25, 0.3) is 34.0 Å². The van der Waals surface area contributed by atoms with E-state index in [0.717, 1.165) is 59.5 Å². The first-order valence-electron chi connectivity index (χ1n) is 11.8. The molecule has 4 aromatic rings. The lowest BCUT2D eigenvalue weighted by atomic mass is 9.77. The van der Waals surface area contributed by atoms with Crippen molar-refractivity contribution in [2.75, 3.05) is 0 Å². The number of hydrogen-bond acceptors (Lipinski definition) is 7. The van der Waals surface area contributed by atoms with Crippen LogP contribution in [-0.2, 0) is 24.2 Å². The van der Waals surface area contributed by atoms with Gasteiger partial charge in [-0.1, -0.05) is 42.7 Å². The number of rotatable bonds is 7. The molecule has 1 radical (unpaired) electrons. The summed E-state index contributed by atoms with van der Waals surface area (Å²) in [6.45, 7) is 7.15. The minimum absolute atomic E-state index is 0.202. The van der Waals surface area contributed by atoms with E-state index in [4.69, 9.17) is 9.05 Å². The van der Waals surface area contributed by atoms with Gasteiger partial charge >= 0.3 is 0 Å². The van der Waals surface area contributed by atoms with E-state index in [0.29, 0.717) is 30.4 Å². The lowest BCUT2D eigenvalue weighted by molar-refractivity contribution is -0.116. The number of aryl methyl sites for hydroxylation is 1. The molecule has 34 heavy (non-hydrogen) atoms. The van der Waals surface area contributed by atoms with E-state index in [1.54, 1.807) is 6.20 Å². The van der Waals surface area contributed by atoms with Gasteiger partial charge in [0.2, 0.25) is 5.82 Å². The standard InChI is InChI=1S/C26H26N5O3/c1-4-15-12-19(15)20(32)7-10-31-9-6-16-11-17(14-27-24(16)31)23-28-25(34-30-23)22-18-5-8-26(2,3)13-21(18)33-29-22/h6,9,11-12,14H,4-5,7-8,10,13H2,1-3H3. The second-order valence-corrected chi connectivity index (χ2v) is 9.95. The summed E-state index contributed by atoms with van der Waals surface area (Å²) < 4.78 is 13.2. The third-order valence-electron chi connectivity index (χ3n) is 6.89. The molecule has 0 unspecified atom stereocenters. The predicted octanol–water partition coefficient (Wildman–Crippen LogP) is 5.14. The highest BCUT2D eigenvalue weighted by atomic mass is 16.5. The van der Waals surface area contributed by atoms with Crippen molar-refractivity contribution in [2.24, 2.45) is 5.41 Å². The second kappa shape index (κ2) is 7.75. The molecule has 2 aliphatic carbocycles. The molecule has 2 aliphatic rings. The number of nitrogens with zero attached hydrogens (tertiary/aromatic N) is 5. The number of carbonyl (C=O) groups is 1. The van der Waals surface area contributed by atoms with Gasteiger partial charge in [-0.2, -0.15) is 4.98 Å².